The Kier molecular flexibility index (Phi) is 11.2. The maximum atomic E-state index is 11.3. The second-order valence-corrected chi connectivity index (χ2v) is 4.36. The summed E-state index contributed by atoms with van der Waals surface area (Å²) in [5, 5.41) is 17.4. The normalized spacial score (nSPS) is 11.9. The van der Waals surface area contributed by atoms with Gasteiger partial charge < -0.3 is 19.7 Å². The van der Waals surface area contributed by atoms with Crippen molar-refractivity contribution in [2.75, 3.05) is 19.8 Å². The first kappa shape index (κ1) is 17.9. The molecule has 0 aliphatic rings. The Morgan fingerprint density at radius 3 is 2.00 bits per heavy atom. The predicted octanol–water partition coefficient (Wildman–Crippen LogP) is 0.786. The number of unbranched alkanes of at least 4 members (excludes halogenated alkanes) is 1. The highest BCUT2D eigenvalue weighted by molar-refractivity contribution is 5.70. The van der Waals surface area contributed by atoms with Crippen molar-refractivity contribution in [1.82, 2.24) is 0 Å². The summed E-state index contributed by atoms with van der Waals surface area (Å²) in [6, 6.07) is 0. The minimum Gasteiger partial charge on any atom is -0.466 e. The highest BCUT2D eigenvalue weighted by Gasteiger charge is 2.06. The van der Waals surface area contributed by atoms with Gasteiger partial charge in [0, 0.05) is 12.8 Å². The Balaban J connectivity index is 3.36. The van der Waals surface area contributed by atoms with Gasteiger partial charge in [-0.3, -0.25) is 9.59 Å². The molecule has 0 aromatic rings. The van der Waals surface area contributed by atoms with E-state index < -0.39 is 0 Å². The SMILES string of the molecule is CC(O)CCCOC(=O)CCCCC(=O)OCCO. The predicted molar refractivity (Wildman–Crippen MR) is 68.4 cm³/mol. The summed E-state index contributed by atoms with van der Waals surface area (Å²) in [6.07, 6.45) is 2.55. The van der Waals surface area contributed by atoms with Crippen LogP contribution in [-0.2, 0) is 19.1 Å². The quantitative estimate of drug-likeness (QED) is 0.428. The Bertz CT molecular complexity index is 252. The fraction of sp³-hybridized carbons (Fsp3) is 0.846. The Hall–Kier alpha value is -1.14. The molecule has 6 nitrogen and oxygen atoms in total. The van der Waals surface area contributed by atoms with E-state index >= 15 is 0 Å². The molecule has 6 heteroatoms. The maximum Gasteiger partial charge on any atom is 0.305 e. The van der Waals surface area contributed by atoms with Gasteiger partial charge in [0.05, 0.1) is 19.3 Å². The molecular weight excluding hydrogens is 252 g/mol. The van der Waals surface area contributed by atoms with Crippen molar-refractivity contribution in [3.8, 4) is 0 Å². The maximum absolute atomic E-state index is 11.3. The summed E-state index contributed by atoms with van der Waals surface area (Å²) in [6.45, 7) is 1.86. The summed E-state index contributed by atoms with van der Waals surface area (Å²) in [4.78, 5) is 22.3. The van der Waals surface area contributed by atoms with Crippen LogP contribution < -0.4 is 0 Å². The number of aliphatic hydroxyl groups excluding tert-OH is 2. The molecule has 0 bridgehead atoms. The molecule has 0 aliphatic carbocycles. The van der Waals surface area contributed by atoms with Gasteiger partial charge in [0.25, 0.3) is 0 Å². The van der Waals surface area contributed by atoms with Crippen LogP contribution in [0.5, 0.6) is 0 Å². The second-order valence-electron chi connectivity index (χ2n) is 4.36. The smallest absolute Gasteiger partial charge is 0.305 e. The van der Waals surface area contributed by atoms with Crippen molar-refractivity contribution >= 4 is 11.9 Å². The average Bonchev–Trinajstić information content (AvgIpc) is 2.37. The summed E-state index contributed by atoms with van der Waals surface area (Å²) in [7, 11) is 0. The van der Waals surface area contributed by atoms with Crippen LogP contribution in [0.2, 0.25) is 0 Å². The van der Waals surface area contributed by atoms with Crippen LogP contribution in [0.3, 0.4) is 0 Å². The fourth-order valence-electron chi connectivity index (χ4n) is 1.41. The van der Waals surface area contributed by atoms with E-state index in [4.69, 9.17) is 14.9 Å². The van der Waals surface area contributed by atoms with Crippen molar-refractivity contribution in [2.45, 2.75) is 51.6 Å². The third-order valence-corrected chi connectivity index (χ3v) is 2.40. The number of aliphatic hydroxyl groups is 2. The molecule has 0 saturated heterocycles. The number of carbonyl (C=O) groups is 2. The lowest BCUT2D eigenvalue weighted by Gasteiger charge is -2.06. The average molecular weight is 276 g/mol. The van der Waals surface area contributed by atoms with Gasteiger partial charge in [0.15, 0.2) is 0 Å². The Morgan fingerprint density at radius 2 is 1.53 bits per heavy atom. The first-order chi connectivity index (χ1) is 9.06. The van der Waals surface area contributed by atoms with Crippen LogP contribution in [-0.4, -0.2) is 48.1 Å². The van der Waals surface area contributed by atoms with Crippen LogP contribution >= 0.6 is 0 Å². The standard InChI is InChI=1S/C13H24O6/c1-11(15)5-4-9-18-12(16)6-2-3-7-13(17)19-10-8-14/h11,14-15H,2-10H2,1H3. The zero-order valence-corrected chi connectivity index (χ0v) is 11.5. The third kappa shape index (κ3) is 13.1. The Labute approximate surface area is 113 Å². The number of rotatable bonds is 11. The van der Waals surface area contributed by atoms with E-state index in [2.05, 4.69) is 4.74 Å². The largest absolute Gasteiger partial charge is 0.466 e. The molecule has 1 atom stereocenters. The molecule has 0 aromatic carbocycles. The summed E-state index contributed by atoms with van der Waals surface area (Å²) in [5.74, 6) is -0.645. The van der Waals surface area contributed by atoms with E-state index in [0.29, 0.717) is 32.3 Å². The van der Waals surface area contributed by atoms with Gasteiger partial charge in [0.1, 0.15) is 6.61 Å². The van der Waals surface area contributed by atoms with Crippen LogP contribution in [0.4, 0.5) is 0 Å². The van der Waals surface area contributed by atoms with Crippen molar-refractivity contribution in [1.29, 1.82) is 0 Å². The molecule has 0 amide bonds. The van der Waals surface area contributed by atoms with Crippen molar-refractivity contribution in [3.05, 3.63) is 0 Å². The van der Waals surface area contributed by atoms with E-state index in [1.54, 1.807) is 6.92 Å². The van der Waals surface area contributed by atoms with Crippen LogP contribution in [0.15, 0.2) is 0 Å². The second kappa shape index (κ2) is 11.9. The molecular formula is C13H24O6. The topological polar surface area (TPSA) is 93.1 Å². The van der Waals surface area contributed by atoms with Gasteiger partial charge in [-0.15, -0.1) is 0 Å². The zero-order valence-electron chi connectivity index (χ0n) is 11.5. The van der Waals surface area contributed by atoms with Crippen LogP contribution in [0, 0.1) is 0 Å². The van der Waals surface area contributed by atoms with Gasteiger partial charge in [-0.05, 0) is 32.6 Å². The minimum absolute atomic E-state index is 0.0180. The molecule has 0 saturated carbocycles. The van der Waals surface area contributed by atoms with Crippen LogP contribution in [0.25, 0.3) is 0 Å². The highest BCUT2D eigenvalue weighted by atomic mass is 16.5. The molecule has 0 heterocycles. The van der Waals surface area contributed by atoms with E-state index in [1.807, 2.05) is 0 Å². The summed E-state index contributed by atoms with van der Waals surface area (Å²) >= 11 is 0. The van der Waals surface area contributed by atoms with Crippen LogP contribution in [0.1, 0.15) is 45.4 Å². The summed E-state index contributed by atoms with van der Waals surface area (Å²) < 4.78 is 9.64. The fourth-order valence-corrected chi connectivity index (χ4v) is 1.41. The number of hydrogen-bond acceptors (Lipinski definition) is 6. The van der Waals surface area contributed by atoms with Gasteiger partial charge in [-0.1, -0.05) is 0 Å². The molecule has 112 valence electrons. The van der Waals surface area contributed by atoms with Gasteiger partial charge >= 0.3 is 11.9 Å². The number of carbonyl (C=O) groups excluding carboxylic acids is 2. The highest BCUT2D eigenvalue weighted by Crippen LogP contribution is 2.04. The van der Waals surface area contributed by atoms with Gasteiger partial charge in [-0.2, -0.15) is 0 Å². The van der Waals surface area contributed by atoms with Crippen molar-refractivity contribution in [2.24, 2.45) is 0 Å². The van der Waals surface area contributed by atoms with E-state index in [0.717, 1.165) is 0 Å². The van der Waals surface area contributed by atoms with E-state index in [9.17, 15) is 9.59 Å². The summed E-state index contributed by atoms with van der Waals surface area (Å²) in [5.41, 5.74) is 0. The molecule has 2 N–H and O–H groups in total. The van der Waals surface area contributed by atoms with Crippen molar-refractivity contribution in [3.63, 3.8) is 0 Å². The number of esters is 2. The van der Waals surface area contributed by atoms with E-state index in [1.165, 1.54) is 0 Å². The number of ether oxygens (including phenoxy) is 2. The molecule has 0 aliphatic heterocycles. The Morgan fingerprint density at radius 1 is 1.00 bits per heavy atom. The first-order valence-corrected chi connectivity index (χ1v) is 6.66. The van der Waals surface area contributed by atoms with Crippen molar-refractivity contribution < 1.29 is 29.3 Å². The zero-order chi connectivity index (χ0) is 14.5. The van der Waals surface area contributed by atoms with Gasteiger partial charge in [-0.25, -0.2) is 0 Å². The molecule has 0 fully saturated rings. The third-order valence-electron chi connectivity index (χ3n) is 2.40. The first-order valence-electron chi connectivity index (χ1n) is 6.66. The molecule has 0 radical (unpaired) electrons. The lowest BCUT2D eigenvalue weighted by molar-refractivity contribution is -0.146. The monoisotopic (exact) mass is 276 g/mol. The number of hydrogen-bond donors (Lipinski definition) is 2. The molecule has 0 rings (SSSR count). The molecule has 1 unspecified atom stereocenters. The molecule has 19 heavy (non-hydrogen) atoms. The van der Waals surface area contributed by atoms with Gasteiger partial charge in [0.2, 0.25) is 0 Å². The molecule has 0 aromatic heterocycles. The lowest BCUT2D eigenvalue weighted by atomic mass is 10.2. The molecule has 0 spiro atoms. The van der Waals surface area contributed by atoms with E-state index in [-0.39, 0.29) is 44.1 Å². The minimum atomic E-state index is -0.372. The lowest BCUT2D eigenvalue weighted by Crippen LogP contribution is -2.10.